The first-order valence-corrected chi connectivity index (χ1v) is 7.31. The summed E-state index contributed by atoms with van der Waals surface area (Å²) in [6.07, 6.45) is 0. The second-order valence-corrected chi connectivity index (χ2v) is 6.18. The molecule has 3 N–H and O–H groups in total. The van der Waals surface area contributed by atoms with Crippen LogP contribution in [0.1, 0.15) is 11.4 Å². The minimum atomic E-state index is -3.97. The molecule has 6 nitrogen and oxygen atoms in total. The molecule has 0 aliphatic rings. The number of aromatic hydroxyl groups is 1. The number of phenolic OH excluding ortho intramolecular Hbond substituents is 1. The van der Waals surface area contributed by atoms with Crippen LogP contribution in [0.5, 0.6) is 5.75 Å². The summed E-state index contributed by atoms with van der Waals surface area (Å²) in [4.78, 5) is -0.0302. The van der Waals surface area contributed by atoms with Gasteiger partial charge in [-0.15, -0.1) is 0 Å². The molecule has 0 radical (unpaired) electrons. The zero-order chi connectivity index (χ0) is 15.1. The predicted molar refractivity (Wildman–Crippen MR) is 71.9 cm³/mol. The number of H-pyrrole nitrogens is 1. The van der Waals surface area contributed by atoms with Crippen molar-refractivity contribution in [1.82, 2.24) is 10.2 Å². The standard InChI is InChI=1S/C11H11ClFN3O3S/c1-5-11(6(2)15-14-5)20(18,19)16-9-3-7(12)8(13)4-10(9)17/h3-4,16-17H,1-2H3,(H,14,15). The van der Waals surface area contributed by atoms with Crippen LogP contribution < -0.4 is 4.72 Å². The van der Waals surface area contributed by atoms with Crippen molar-refractivity contribution < 1.29 is 17.9 Å². The number of rotatable bonds is 3. The highest BCUT2D eigenvalue weighted by Crippen LogP contribution is 2.31. The van der Waals surface area contributed by atoms with Crippen molar-refractivity contribution in [3.8, 4) is 5.75 Å². The van der Waals surface area contributed by atoms with E-state index in [1.807, 2.05) is 0 Å². The average Bonchev–Trinajstić information content (AvgIpc) is 2.66. The molecule has 9 heteroatoms. The van der Waals surface area contributed by atoms with Crippen molar-refractivity contribution in [2.24, 2.45) is 0 Å². The highest BCUT2D eigenvalue weighted by molar-refractivity contribution is 7.92. The first-order chi connectivity index (χ1) is 9.22. The summed E-state index contributed by atoms with van der Waals surface area (Å²) in [5, 5.41) is 15.6. The summed E-state index contributed by atoms with van der Waals surface area (Å²) in [5.41, 5.74) is 0.418. The van der Waals surface area contributed by atoms with Gasteiger partial charge in [0.1, 0.15) is 16.5 Å². The molecule has 0 spiro atoms. The van der Waals surface area contributed by atoms with Gasteiger partial charge in [0, 0.05) is 6.07 Å². The van der Waals surface area contributed by atoms with Crippen molar-refractivity contribution in [2.75, 3.05) is 4.72 Å². The van der Waals surface area contributed by atoms with E-state index in [1.165, 1.54) is 6.92 Å². The highest BCUT2D eigenvalue weighted by Gasteiger charge is 2.23. The Bertz CT molecular complexity index is 754. The first-order valence-electron chi connectivity index (χ1n) is 5.45. The van der Waals surface area contributed by atoms with E-state index in [-0.39, 0.29) is 21.3 Å². The molecule has 1 heterocycles. The normalized spacial score (nSPS) is 11.6. The van der Waals surface area contributed by atoms with Gasteiger partial charge in [0.05, 0.1) is 22.1 Å². The van der Waals surface area contributed by atoms with Crippen LogP contribution in [-0.4, -0.2) is 23.7 Å². The summed E-state index contributed by atoms with van der Waals surface area (Å²) in [6.45, 7) is 3.07. The van der Waals surface area contributed by atoms with Gasteiger partial charge in [-0.1, -0.05) is 11.6 Å². The fourth-order valence-corrected chi connectivity index (χ4v) is 3.35. The van der Waals surface area contributed by atoms with E-state index in [1.54, 1.807) is 6.92 Å². The van der Waals surface area contributed by atoms with Crippen LogP contribution in [0.3, 0.4) is 0 Å². The Balaban J connectivity index is 2.47. The second-order valence-electron chi connectivity index (χ2n) is 4.15. The van der Waals surface area contributed by atoms with E-state index >= 15 is 0 Å². The Kier molecular flexibility index (Phi) is 3.61. The van der Waals surface area contributed by atoms with Crippen molar-refractivity contribution in [2.45, 2.75) is 18.7 Å². The van der Waals surface area contributed by atoms with Crippen molar-refractivity contribution >= 4 is 27.3 Å². The maximum Gasteiger partial charge on any atom is 0.265 e. The molecular formula is C11H11ClFN3O3S. The van der Waals surface area contributed by atoms with Crippen molar-refractivity contribution in [3.63, 3.8) is 0 Å². The largest absolute Gasteiger partial charge is 0.506 e. The average molecular weight is 320 g/mol. The number of phenols is 1. The first kappa shape index (κ1) is 14.6. The monoisotopic (exact) mass is 319 g/mol. The Hall–Kier alpha value is -1.80. The molecule has 1 aromatic carbocycles. The van der Waals surface area contributed by atoms with Gasteiger partial charge >= 0.3 is 0 Å². The maximum absolute atomic E-state index is 13.1. The van der Waals surface area contributed by atoms with Gasteiger partial charge in [0.25, 0.3) is 10.0 Å². The van der Waals surface area contributed by atoms with Gasteiger partial charge in [-0.3, -0.25) is 9.82 Å². The third kappa shape index (κ3) is 2.56. The molecule has 0 unspecified atom stereocenters. The Labute approximate surface area is 119 Å². The minimum absolute atomic E-state index is 0.0302. The third-order valence-electron chi connectivity index (χ3n) is 2.61. The molecule has 1 aromatic heterocycles. The molecule has 2 aromatic rings. The van der Waals surface area contributed by atoms with E-state index in [0.717, 1.165) is 12.1 Å². The number of anilines is 1. The Morgan fingerprint density at radius 1 is 1.40 bits per heavy atom. The van der Waals surface area contributed by atoms with Gasteiger partial charge in [-0.05, 0) is 19.9 Å². The smallest absolute Gasteiger partial charge is 0.265 e. The lowest BCUT2D eigenvalue weighted by Crippen LogP contribution is -2.14. The number of nitrogens with zero attached hydrogens (tertiary/aromatic N) is 1. The summed E-state index contributed by atoms with van der Waals surface area (Å²) in [7, 11) is -3.97. The lowest BCUT2D eigenvalue weighted by molar-refractivity contribution is 0.471. The molecule has 0 aliphatic carbocycles. The van der Waals surface area contributed by atoms with Crippen molar-refractivity contribution in [3.05, 3.63) is 34.4 Å². The summed E-state index contributed by atoms with van der Waals surface area (Å²) >= 11 is 5.56. The quantitative estimate of drug-likeness (QED) is 0.757. The van der Waals surface area contributed by atoms with Gasteiger partial charge in [-0.25, -0.2) is 12.8 Å². The summed E-state index contributed by atoms with van der Waals surface area (Å²) < 4.78 is 39.7. The molecule has 0 bridgehead atoms. The van der Waals surface area contributed by atoms with Crippen LogP contribution in [0.2, 0.25) is 5.02 Å². The van der Waals surface area contributed by atoms with E-state index in [9.17, 15) is 17.9 Å². The zero-order valence-corrected chi connectivity index (χ0v) is 12.1. The van der Waals surface area contributed by atoms with Crippen molar-refractivity contribution in [1.29, 1.82) is 0 Å². The predicted octanol–water partition coefficient (Wildman–Crippen LogP) is 2.33. The number of hydrogen-bond donors (Lipinski definition) is 3. The van der Waals surface area contributed by atoms with E-state index in [0.29, 0.717) is 5.69 Å². The Morgan fingerprint density at radius 2 is 2.05 bits per heavy atom. The molecule has 2 rings (SSSR count). The van der Waals surface area contributed by atoms with Crippen LogP contribution in [0.4, 0.5) is 10.1 Å². The van der Waals surface area contributed by atoms with Crippen LogP contribution in [0.25, 0.3) is 0 Å². The van der Waals surface area contributed by atoms with Gasteiger partial charge in [0.2, 0.25) is 0 Å². The lowest BCUT2D eigenvalue weighted by Gasteiger charge is -2.10. The number of nitrogens with one attached hydrogen (secondary N) is 2. The van der Waals surface area contributed by atoms with Crippen LogP contribution >= 0.6 is 11.6 Å². The zero-order valence-electron chi connectivity index (χ0n) is 10.5. The molecule has 0 fully saturated rings. The van der Waals surface area contributed by atoms with Gasteiger partial charge in [-0.2, -0.15) is 5.10 Å². The van der Waals surface area contributed by atoms with E-state index < -0.39 is 21.6 Å². The number of sulfonamides is 1. The molecule has 0 saturated carbocycles. The van der Waals surface area contributed by atoms with E-state index in [2.05, 4.69) is 14.9 Å². The number of benzene rings is 1. The van der Waals surface area contributed by atoms with Crippen LogP contribution in [0.15, 0.2) is 17.0 Å². The molecule has 0 amide bonds. The topological polar surface area (TPSA) is 95.1 Å². The molecular weight excluding hydrogens is 309 g/mol. The molecule has 0 saturated heterocycles. The number of aromatic amines is 1. The fourth-order valence-electron chi connectivity index (χ4n) is 1.75. The second kappa shape index (κ2) is 4.95. The maximum atomic E-state index is 13.1. The molecule has 108 valence electrons. The third-order valence-corrected chi connectivity index (χ3v) is 4.53. The summed E-state index contributed by atoms with van der Waals surface area (Å²) in [5.74, 6) is -1.41. The lowest BCUT2D eigenvalue weighted by atomic mass is 10.3. The highest BCUT2D eigenvalue weighted by atomic mass is 35.5. The molecule has 0 atom stereocenters. The Morgan fingerprint density at radius 3 is 2.60 bits per heavy atom. The molecule has 0 aliphatic heterocycles. The number of halogens is 2. The number of hydrogen-bond acceptors (Lipinski definition) is 4. The molecule has 20 heavy (non-hydrogen) atoms. The van der Waals surface area contributed by atoms with Crippen LogP contribution in [-0.2, 0) is 10.0 Å². The summed E-state index contributed by atoms with van der Waals surface area (Å²) in [6, 6.07) is 1.73. The van der Waals surface area contributed by atoms with Gasteiger partial charge in [0.15, 0.2) is 0 Å². The van der Waals surface area contributed by atoms with Crippen LogP contribution in [0, 0.1) is 19.7 Å². The van der Waals surface area contributed by atoms with Gasteiger partial charge < -0.3 is 5.11 Å². The SMILES string of the molecule is Cc1n[nH]c(C)c1S(=O)(=O)Nc1cc(Cl)c(F)cc1O. The fraction of sp³-hybridized carbons (Fsp3) is 0.182. The number of aryl methyl sites for hydroxylation is 2. The van der Waals surface area contributed by atoms with E-state index in [4.69, 9.17) is 11.6 Å². The minimum Gasteiger partial charge on any atom is -0.506 e. The number of aromatic nitrogens is 2.